The van der Waals surface area contributed by atoms with Crippen molar-refractivity contribution in [1.29, 1.82) is 0 Å². The van der Waals surface area contributed by atoms with Gasteiger partial charge < -0.3 is 5.73 Å². The Morgan fingerprint density at radius 3 is 2.84 bits per heavy atom. The third-order valence-electron chi connectivity index (χ3n) is 3.45. The van der Waals surface area contributed by atoms with E-state index < -0.39 is 0 Å². The zero-order valence-electron chi connectivity index (χ0n) is 10.7. The summed E-state index contributed by atoms with van der Waals surface area (Å²) in [6.45, 7) is 0.687. The summed E-state index contributed by atoms with van der Waals surface area (Å²) in [5.74, 6) is 0.418. The van der Waals surface area contributed by atoms with E-state index in [4.69, 9.17) is 5.73 Å². The van der Waals surface area contributed by atoms with Gasteiger partial charge in [-0.3, -0.25) is 4.40 Å². The molecule has 4 heteroatoms. The first-order valence-corrected chi connectivity index (χ1v) is 7.41. The van der Waals surface area contributed by atoms with Crippen molar-refractivity contribution in [2.45, 2.75) is 18.8 Å². The first kappa shape index (κ1) is 12.4. The summed E-state index contributed by atoms with van der Waals surface area (Å²) in [6, 6.07) is 10.5. The summed E-state index contributed by atoms with van der Waals surface area (Å²) in [7, 11) is 0. The van der Waals surface area contributed by atoms with Crippen LogP contribution in [0.3, 0.4) is 0 Å². The highest BCUT2D eigenvalue weighted by molar-refractivity contribution is 7.15. The Bertz CT molecular complexity index is 613. The number of nitrogens with two attached hydrogens (primary N) is 1. The Morgan fingerprint density at radius 1 is 1.26 bits per heavy atom. The Balaban J connectivity index is 1.69. The van der Waals surface area contributed by atoms with Gasteiger partial charge in [-0.2, -0.15) is 0 Å². The van der Waals surface area contributed by atoms with Crippen molar-refractivity contribution in [3.8, 4) is 0 Å². The van der Waals surface area contributed by atoms with Gasteiger partial charge in [-0.25, -0.2) is 4.98 Å². The van der Waals surface area contributed by atoms with Crippen LogP contribution < -0.4 is 5.73 Å². The Hall–Kier alpha value is -1.65. The molecule has 19 heavy (non-hydrogen) atoms. The lowest BCUT2D eigenvalue weighted by atomic mass is 9.94. The molecular weight excluding hydrogens is 254 g/mol. The summed E-state index contributed by atoms with van der Waals surface area (Å²) >= 11 is 1.67. The third kappa shape index (κ3) is 2.69. The molecule has 1 atom stereocenters. The van der Waals surface area contributed by atoms with Crippen molar-refractivity contribution in [3.63, 3.8) is 0 Å². The smallest absolute Gasteiger partial charge is 0.193 e. The number of hydrogen-bond acceptors (Lipinski definition) is 3. The molecule has 0 bridgehead atoms. The highest BCUT2D eigenvalue weighted by Gasteiger charge is 2.11. The van der Waals surface area contributed by atoms with Crippen LogP contribution in [0.2, 0.25) is 0 Å². The van der Waals surface area contributed by atoms with E-state index in [1.165, 1.54) is 5.56 Å². The largest absolute Gasteiger partial charge is 0.330 e. The minimum absolute atomic E-state index is 0.418. The molecule has 3 aromatic rings. The fourth-order valence-electron chi connectivity index (χ4n) is 2.36. The fraction of sp³-hybridized carbons (Fsp3) is 0.267. The van der Waals surface area contributed by atoms with Crippen molar-refractivity contribution in [2.24, 2.45) is 5.73 Å². The van der Waals surface area contributed by atoms with E-state index in [2.05, 4.69) is 45.2 Å². The molecule has 0 spiro atoms. The summed E-state index contributed by atoms with van der Waals surface area (Å²) in [5, 5.41) is 2.05. The second kappa shape index (κ2) is 5.55. The van der Waals surface area contributed by atoms with Crippen molar-refractivity contribution in [1.82, 2.24) is 9.38 Å². The molecule has 1 aromatic carbocycles. The van der Waals surface area contributed by atoms with E-state index >= 15 is 0 Å². The normalized spacial score (nSPS) is 12.9. The number of benzene rings is 1. The Labute approximate surface area is 116 Å². The van der Waals surface area contributed by atoms with Gasteiger partial charge in [0.2, 0.25) is 0 Å². The van der Waals surface area contributed by atoms with Gasteiger partial charge in [0.05, 0.1) is 5.69 Å². The SMILES string of the molecule is NCC(CCc1cn2ccsc2n1)c1ccccc1. The highest BCUT2D eigenvalue weighted by Crippen LogP contribution is 2.21. The van der Waals surface area contributed by atoms with E-state index in [9.17, 15) is 0 Å². The van der Waals surface area contributed by atoms with Gasteiger partial charge >= 0.3 is 0 Å². The van der Waals surface area contributed by atoms with Crippen LogP contribution >= 0.6 is 11.3 Å². The number of aryl methyl sites for hydroxylation is 1. The standard InChI is InChI=1S/C15H17N3S/c16-10-13(12-4-2-1-3-5-12)6-7-14-11-18-8-9-19-15(18)17-14/h1-5,8-9,11,13H,6-7,10,16H2. The molecule has 2 heterocycles. The van der Waals surface area contributed by atoms with Crippen LogP contribution in [0.5, 0.6) is 0 Å². The molecule has 0 amide bonds. The van der Waals surface area contributed by atoms with Crippen LogP contribution in [0.25, 0.3) is 4.96 Å². The van der Waals surface area contributed by atoms with E-state index in [-0.39, 0.29) is 0 Å². The topological polar surface area (TPSA) is 43.3 Å². The van der Waals surface area contributed by atoms with Crippen molar-refractivity contribution in [3.05, 3.63) is 59.4 Å². The lowest BCUT2D eigenvalue weighted by Gasteiger charge is -2.14. The third-order valence-corrected chi connectivity index (χ3v) is 4.22. The summed E-state index contributed by atoms with van der Waals surface area (Å²) in [5.41, 5.74) is 8.38. The molecule has 0 saturated heterocycles. The van der Waals surface area contributed by atoms with Gasteiger partial charge in [0.15, 0.2) is 4.96 Å². The molecule has 3 rings (SSSR count). The molecule has 0 fully saturated rings. The molecule has 0 aliphatic rings. The number of fused-ring (bicyclic) bond motifs is 1. The second-order valence-corrected chi connectivity index (χ2v) is 5.58. The molecular formula is C15H17N3S. The Kier molecular flexibility index (Phi) is 3.62. The second-order valence-electron chi connectivity index (χ2n) is 4.71. The van der Waals surface area contributed by atoms with Crippen molar-refractivity contribution < 1.29 is 0 Å². The van der Waals surface area contributed by atoms with Crippen LogP contribution in [0, 0.1) is 0 Å². The van der Waals surface area contributed by atoms with Crippen molar-refractivity contribution in [2.75, 3.05) is 6.54 Å². The zero-order chi connectivity index (χ0) is 13.1. The van der Waals surface area contributed by atoms with E-state index in [0.717, 1.165) is 23.5 Å². The average molecular weight is 271 g/mol. The molecule has 0 aliphatic carbocycles. The number of thiazole rings is 1. The lowest BCUT2D eigenvalue weighted by molar-refractivity contribution is 0.629. The van der Waals surface area contributed by atoms with E-state index in [1.807, 2.05) is 12.3 Å². The first-order chi connectivity index (χ1) is 9.36. The molecule has 0 saturated carbocycles. The first-order valence-electron chi connectivity index (χ1n) is 6.53. The zero-order valence-corrected chi connectivity index (χ0v) is 11.5. The summed E-state index contributed by atoms with van der Waals surface area (Å²) in [6.07, 6.45) is 6.19. The van der Waals surface area contributed by atoms with Gasteiger partial charge in [-0.05, 0) is 30.9 Å². The van der Waals surface area contributed by atoms with Gasteiger partial charge in [-0.15, -0.1) is 11.3 Å². The maximum atomic E-state index is 5.90. The number of imidazole rings is 1. The maximum Gasteiger partial charge on any atom is 0.193 e. The monoisotopic (exact) mass is 271 g/mol. The molecule has 2 aromatic heterocycles. The number of aromatic nitrogens is 2. The van der Waals surface area contributed by atoms with E-state index in [0.29, 0.717) is 12.5 Å². The summed E-state index contributed by atoms with van der Waals surface area (Å²) in [4.78, 5) is 5.68. The molecule has 1 unspecified atom stereocenters. The molecule has 2 N–H and O–H groups in total. The van der Waals surface area contributed by atoms with Gasteiger partial charge in [0.1, 0.15) is 0 Å². The number of rotatable bonds is 5. The molecule has 98 valence electrons. The summed E-state index contributed by atoms with van der Waals surface area (Å²) < 4.78 is 2.08. The number of hydrogen-bond donors (Lipinski definition) is 1. The minimum Gasteiger partial charge on any atom is -0.330 e. The lowest BCUT2D eigenvalue weighted by Crippen LogP contribution is -2.13. The Morgan fingerprint density at radius 2 is 2.11 bits per heavy atom. The number of nitrogens with zero attached hydrogens (tertiary/aromatic N) is 2. The molecule has 0 aliphatic heterocycles. The van der Waals surface area contributed by atoms with Gasteiger partial charge in [0, 0.05) is 17.8 Å². The van der Waals surface area contributed by atoms with Crippen LogP contribution in [-0.4, -0.2) is 15.9 Å². The quantitative estimate of drug-likeness (QED) is 0.775. The van der Waals surface area contributed by atoms with Crippen LogP contribution in [-0.2, 0) is 6.42 Å². The van der Waals surface area contributed by atoms with Crippen LogP contribution in [0.1, 0.15) is 23.6 Å². The highest BCUT2D eigenvalue weighted by atomic mass is 32.1. The molecule has 0 radical (unpaired) electrons. The predicted molar refractivity (Wildman–Crippen MR) is 79.6 cm³/mol. The predicted octanol–water partition coefficient (Wildman–Crippen LogP) is 3.07. The van der Waals surface area contributed by atoms with E-state index in [1.54, 1.807) is 11.3 Å². The van der Waals surface area contributed by atoms with Crippen molar-refractivity contribution >= 4 is 16.3 Å². The minimum atomic E-state index is 0.418. The van der Waals surface area contributed by atoms with Gasteiger partial charge in [0.25, 0.3) is 0 Å². The molecule has 3 nitrogen and oxygen atoms in total. The van der Waals surface area contributed by atoms with Crippen LogP contribution in [0.4, 0.5) is 0 Å². The van der Waals surface area contributed by atoms with Crippen LogP contribution in [0.15, 0.2) is 48.1 Å². The fourth-order valence-corrected chi connectivity index (χ4v) is 3.08. The van der Waals surface area contributed by atoms with Gasteiger partial charge in [-0.1, -0.05) is 30.3 Å². The average Bonchev–Trinajstić information content (AvgIpc) is 3.01. The maximum absolute atomic E-state index is 5.90.